The van der Waals surface area contributed by atoms with Crippen molar-refractivity contribution in [1.29, 1.82) is 5.26 Å². The Morgan fingerprint density at radius 2 is 1.57 bits per heavy atom. The van der Waals surface area contributed by atoms with Crippen LogP contribution in [0.1, 0.15) is 22.3 Å². The highest BCUT2D eigenvalue weighted by Gasteiger charge is 2.40. The van der Waals surface area contributed by atoms with E-state index in [1.165, 1.54) is 16.7 Å². The molecule has 0 radical (unpaired) electrons. The van der Waals surface area contributed by atoms with Crippen molar-refractivity contribution in [2.45, 2.75) is 31.9 Å². The topological polar surface area (TPSA) is 73.2 Å². The largest absolute Gasteiger partial charge is 0.351 e. The van der Waals surface area contributed by atoms with Crippen LogP contribution in [0.3, 0.4) is 0 Å². The summed E-state index contributed by atoms with van der Waals surface area (Å²) in [6, 6.07) is 27.5. The molecule has 6 heteroatoms. The summed E-state index contributed by atoms with van der Waals surface area (Å²) in [5.74, 6) is -0.592. The van der Waals surface area contributed by atoms with E-state index in [1.807, 2.05) is 92.7 Å². The minimum absolute atomic E-state index is 0.0385. The lowest BCUT2D eigenvalue weighted by atomic mass is 10.1. The summed E-state index contributed by atoms with van der Waals surface area (Å²) in [6.45, 7) is 4.40. The number of nitrogens with one attached hydrogen (secondary N) is 1. The van der Waals surface area contributed by atoms with Gasteiger partial charge in [0.1, 0.15) is 16.7 Å². The van der Waals surface area contributed by atoms with Crippen LogP contribution in [0.25, 0.3) is 0 Å². The second-order valence-electron chi connectivity index (χ2n) is 8.59. The number of nitrogens with zero attached hydrogens (tertiary/aromatic N) is 2. The predicted octanol–water partition coefficient (Wildman–Crippen LogP) is 5.09. The van der Waals surface area contributed by atoms with Crippen LogP contribution in [0.4, 0.5) is 5.69 Å². The molecule has 1 fully saturated rings. The zero-order chi connectivity index (χ0) is 24.8. The van der Waals surface area contributed by atoms with Crippen molar-refractivity contribution in [2.24, 2.45) is 0 Å². The highest BCUT2D eigenvalue weighted by molar-refractivity contribution is 8.05. The maximum absolute atomic E-state index is 13.5. The van der Waals surface area contributed by atoms with Crippen molar-refractivity contribution in [3.63, 3.8) is 0 Å². The minimum atomic E-state index is -0.466. The molecule has 4 rings (SSSR count). The summed E-state index contributed by atoms with van der Waals surface area (Å²) < 4.78 is 0. The van der Waals surface area contributed by atoms with Gasteiger partial charge < -0.3 is 5.32 Å². The Kier molecular flexibility index (Phi) is 7.69. The molecule has 0 bridgehead atoms. The SMILES string of the molecule is Cc1ccc(C[C@@H]2S/C(=C(/C#N)C(=O)NCCc3ccccc3)N(c3ccc(C)cc3)C2=O)cc1. The summed E-state index contributed by atoms with van der Waals surface area (Å²) in [5.41, 5.74) is 4.97. The number of nitriles is 1. The summed E-state index contributed by atoms with van der Waals surface area (Å²) >= 11 is 1.29. The molecule has 1 N–H and O–H groups in total. The van der Waals surface area contributed by atoms with Gasteiger partial charge in [0.2, 0.25) is 5.91 Å². The smallest absolute Gasteiger partial charge is 0.264 e. The van der Waals surface area contributed by atoms with Crippen LogP contribution < -0.4 is 10.2 Å². The molecule has 3 aromatic carbocycles. The van der Waals surface area contributed by atoms with Gasteiger partial charge in [-0.25, -0.2) is 0 Å². The number of rotatable bonds is 7. The molecule has 35 heavy (non-hydrogen) atoms. The van der Waals surface area contributed by atoms with Gasteiger partial charge in [-0.05, 0) is 49.9 Å². The molecular weight excluding hydrogens is 454 g/mol. The van der Waals surface area contributed by atoms with Gasteiger partial charge in [0.15, 0.2) is 0 Å². The number of anilines is 1. The maximum Gasteiger partial charge on any atom is 0.264 e. The first-order chi connectivity index (χ1) is 17.0. The van der Waals surface area contributed by atoms with Gasteiger partial charge in [0, 0.05) is 12.2 Å². The van der Waals surface area contributed by atoms with Crippen molar-refractivity contribution in [3.05, 3.63) is 112 Å². The molecular formula is C29H27N3O2S. The molecule has 0 aromatic heterocycles. The zero-order valence-electron chi connectivity index (χ0n) is 19.8. The molecule has 0 unspecified atom stereocenters. The predicted molar refractivity (Wildman–Crippen MR) is 141 cm³/mol. The zero-order valence-corrected chi connectivity index (χ0v) is 20.6. The van der Waals surface area contributed by atoms with E-state index >= 15 is 0 Å². The second-order valence-corrected chi connectivity index (χ2v) is 9.78. The van der Waals surface area contributed by atoms with Crippen molar-refractivity contribution < 1.29 is 9.59 Å². The normalized spacial score (nSPS) is 16.7. The average molecular weight is 482 g/mol. The molecule has 1 aliphatic heterocycles. The highest BCUT2D eigenvalue weighted by Crippen LogP contribution is 2.42. The lowest BCUT2D eigenvalue weighted by Gasteiger charge is -2.19. The highest BCUT2D eigenvalue weighted by atomic mass is 32.2. The first kappa shape index (κ1) is 24.3. The van der Waals surface area contributed by atoms with Crippen molar-refractivity contribution in [2.75, 3.05) is 11.4 Å². The van der Waals surface area contributed by atoms with Crippen LogP contribution in [0, 0.1) is 25.2 Å². The average Bonchev–Trinajstić information content (AvgIpc) is 3.17. The molecule has 2 amide bonds. The molecule has 0 aliphatic carbocycles. The van der Waals surface area contributed by atoms with Crippen LogP contribution in [0.2, 0.25) is 0 Å². The lowest BCUT2D eigenvalue weighted by molar-refractivity contribution is -0.117. The van der Waals surface area contributed by atoms with Crippen molar-refractivity contribution in [1.82, 2.24) is 5.32 Å². The van der Waals surface area contributed by atoms with Gasteiger partial charge in [0.25, 0.3) is 5.91 Å². The number of hydrogen-bond donors (Lipinski definition) is 1. The van der Waals surface area contributed by atoms with E-state index in [0.717, 1.165) is 22.3 Å². The van der Waals surface area contributed by atoms with Gasteiger partial charge in [-0.3, -0.25) is 14.5 Å². The van der Waals surface area contributed by atoms with Gasteiger partial charge in [-0.15, -0.1) is 0 Å². The van der Waals surface area contributed by atoms with Crippen LogP contribution in [-0.4, -0.2) is 23.6 Å². The number of hydrogen-bond acceptors (Lipinski definition) is 4. The van der Waals surface area contributed by atoms with Crippen LogP contribution in [0.5, 0.6) is 0 Å². The number of carbonyl (C=O) groups is 2. The number of aryl methyl sites for hydroxylation is 2. The quantitative estimate of drug-likeness (QED) is 0.377. The number of amides is 2. The van der Waals surface area contributed by atoms with E-state index in [1.54, 1.807) is 0 Å². The third kappa shape index (κ3) is 5.82. The minimum Gasteiger partial charge on any atom is -0.351 e. The molecule has 1 heterocycles. The standard InChI is InChI=1S/C29H27N3O2S/c1-20-8-12-23(13-9-20)18-26-28(34)32(24-14-10-21(2)11-15-24)29(35-26)25(19-30)27(33)31-17-16-22-6-4-3-5-7-22/h3-15,26H,16-18H2,1-2H3,(H,31,33)/b29-25-/t26-/m0/s1. The van der Waals surface area contributed by atoms with E-state index in [-0.39, 0.29) is 11.5 Å². The fourth-order valence-corrected chi connectivity index (χ4v) is 5.22. The van der Waals surface area contributed by atoms with Crippen molar-refractivity contribution >= 4 is 29.3 Å². The molecule has 0 spiro atoms. The van der Waals surface area contributed by atoms with Gasteiger partial charge >= 0.3 is 0 Å². The van der Waals surface area contributed by atoms with E-state index < -0.39 is 11.2 Å². The Morgan fingerprint density at radius 3 is 2.20 bits per heavy atom. The maximum atomic E-state index is 13.5. The first-order valence-electron chi connectivity index (χ1n) is 11.6. The Morgan fingerprint density at radius 1 is 0.943 bits per heavy atom. The Labute approximate surface area is 210 Å². The summed E-state index contributed by atoms with van der Waals surface area (Å²) in [4.78, 5) is 28.1. The third-order valence-electron chi connectivity index (χ3n) is 5.88. The molecule has 1 saturated heterocycles. The van der Waals surface area contributed by atoms with Gasteiger partial charge in [-0.2, -0.15) is 5.26 Å². The molecule has 1 atom stereocenters. The summed E-state index contributed by atoms with van der Waals surface area (Å²) in [6.07, 6.45) is 1.17. The lowest BCUT2D eigenvalue weighted by Crippen LogP contribution is -2.32. The molecule has 0 saturated carbocycles. The number of thioether (sulfide) groups is 1. The van der Waals surface area contributed by atoms with E-state index in [0.29, 0.717) is 30.1 Å². The summed E-state index contributed by atoms with van der Waals surface area (Å²) in [7, 11) is 0. The van der Waals surface area contributed by atoms with Crippen LogP contribution in [0.15, 0.2) is 89.5 Å². The first-order valence-corrected chi connectivity index (χ1v) is 12.4. The monoisotopic (exact) mass is 481 g/mol. The molecule has 5 nitrogen and oxygen atoms in total. The number of benzene rings is 3. The molecule has 3 aromatic rings. The van der Waals surface area contributed by atoms with E-state index in [2.05, 4.69) is 11.4 Å². The Bertz CT molecular complexity index is 1280. The van der Waals surface area contributed by atoms with E-state index in [9.17, 15) is 14.9 Å². The Hall–Kier alpha value is -3.82. The van der Waals surface area contributed by atoms with Crippen molar-refractivity contribution in [3.8, 4) is 6.07 Å². The fraction of sp³-hybridized carbons (Fsp3) is 0.207. The Balaban J connectivity index is 1.61. The molecule has 176 valence electrons. The summed E-state index contributed by atoms with van der Waals surface area (Å²) in [5, 5.41) is 12.8. The fourth-order valence-electron chi connectivity index (χ4n) is 3.91. The van der Waals surface area contributed by atoms with Crippen LogP contribution >= 0.6 is 11.8 Å². The van der Waals surface area contributed by atoms with Crippen LogP contribution in [-0.2, 0) is 22.4 Å². The third-order valence-corrected chi connectivity index (χ3v) is 7.14. The molecule has 1 aliphatic rings. The van der Waals surface area contributed by atoms with Gasteiger partial charge in [-0.1, -0.05) is 89.6 Å². The van der Waals surface area contributed by atoms with Gasteiger partial charge in [0.05, 0.1) is 5.25 Å². The second kappa shape index (κ2) is 11.1. The number of carbonyl (C=O) groups excluding carboxylic acids is 2. The van der Waals surface area contributed by atoms with E-state index in [4.69, 9.17) is 0 Å².